The van der Waals surface area contributed by atoms with Gasteiger partial charge in [0.05, 0.1) is 5.71 Å². The van der Waals surface area contributed by atoms with E-state index in [0.29, 0.717) is 10.7 Å². The first kappa shape index (κ1) is 17.0. The number of rotatable bonds is 3. The Morgan fingerprint density at radius 1 is 1.32 bits per heavy atom. The van der Waals surface area contributed by atoms with Gasteiger partial charge in [-0.1, -0.05) is 17.7 Å². The number of carbonyl (C=O) groups excluding carboxylic acids is 1. The molecule has 0 unspecified atom stereocenters. The standard InChI is InChI=1S/C17H18ClN5O2/c1-9-14-12(22-23-17(19)20)6-3-7-13(14)25-15(9)16(24)21-11-5-2-4-10(18)8-11/h2,4-5,8H,3,6-7H2,1H3,(H,21,24)(H4,19,20,23)/b22-12+. The molecule has 3 rings (SSSR count). The van der Waals surface area contributed by atoms with Crippen molar-refractivity contribution in [2.75, 3.05) is 5.32 Å². The van der Waals surface area contributed by atoms with E-state index in [-0.39, 0.29) is 17.6 Å². The first-order valence-electron chi connectivity index (χ1n) is 7.80. The van der Waals surface area contributed by atoms with E-state index in [0.717, 1.165) is 41.9 Å². The number of nitrogens with zero attached hydrogens (tertiary/aromatic N) is 2. The van der Waals surface area contributed by atoms with Crippen LogP contribution in [0.1, 0.15) is 40.3 Å². The van der Waals surface area contributed by atoms with Gasteiger partial charge in [-0.25, -0.2) is 0 Å². The highest BCUT2D eigenvalue weighted by atomic mass is 35.5. The van der Waals surface area contributed by atoms with E-state index in [9.17, 15) is 4.79 Å². The number of nitrogens with one attached hydrogen (secondary N) is 1. The summed E-state index contributed by atoms with van der Waals surface area (Å²) < 4.78 is 5.80. The molecule has 0 bridgehead atoms. The number of amides is 1. The third-order valence-electron chi connectivity index (χ3n) is 3.90. The molecule has 1 heterocycles. The van der Waals surface area contributed by atoms with E-state index >= 15 is 0 Å². The number of furan rings is 1. The molecule has 0 saturated carbocycles. The number of hydrogen-bond acceptors (Lipinski definition) is 4. The SMILES string of the molecule is Cc1c(C(=O)Nc2cccc(Cl)c2)oc2c1/C(=N/N=C(N)N)CCC2. The topological polar surface area (TPSA) is 119 Å². The summed E-state index contributed by atoms with van der Waals surface area (Å²) in [7, 11) is 0. The molecular weight excluding hydrogens is 342 g/mol. The second kappa shape index (κ2) is 6.98. The Morgan fingerprint density at radius 3 is 2.84 bits per heavy atom. The summed E-state index contributed by atoms with van der Waals surface area (Å²) in [5, 5.41) is 11.2. The predicted octanol–water partition coefficient (Wildman–Crippen LogP) is 2.81. The van der Waals surface area contributed by atoms with Crippen molar-refractivity contribution in [3.63, 3.8) is 0 Å². The van der Waals surface area contributed by atoms with E-state index in [1.165, 1.54) is 0 Å². The molecule has 8 heteroatoms. The Hall–Kier alpha value is -2.80. The van der Waals surface area contributed by atoms with Gasteiger partial charge in [0.1, 0.15) is 5.76 Å². The molecule has 0 spiro atoms. The van der Waals surface area contributed by atoms with Gasteiger partial charge in [0.15, 0.2) is 5.76 Å². The van der Waals surface area contributed by atoms with Crippen LogP contribution >= 0.6 is 11.6 Å². The highest BCUT2D eigenvalue weighted by molar-refractivity contribution is 6.31. The molecule has 7 nitrogen and oxygen atoms in total. The van der Waals surface area contributed by atoms with Crippen LogP contribution in [0.15, 0.2) is 38.9 Å². The van der Waals surface area contributed by atoms with E-state index < -0.39 is 0 Å². The molecule has 25 heavy (non-hydrogen) atoms. The second-order valence-corrected chi connectivity index (χ2v) is 6.18. The number of guanidine groups is 1. The van der Waals surface area contributed by atoms with Crippen LogP contribution in [0.2, 0.25) is 5.02 Å². The van der Waals surface area contributed by atoms with Crippen molar-refractivity contribution in [2.45, 2.75) is 26.2 Å². The van der Waals surface area contributed by atoms with Crippen LogP contribution in [0.4, 0.5) is 5.69 Å². The normalized spacial score (nSPS) is 14.9. The van der Waals surface area contributed by atoms with Crippen LogP contribution in [-0.4, -0.2) is 17.6 Å². The van der Waals surface area contributed by atoms with E-state index in [4.69, 9.17) is 27.5 Å². The van der Waals surface area contributed by atoms with Gasteiger partial charge in [-0.3, -0.25) is 4.79 Å². The van der Waals surface area contributed by atoms with Gasteiger partial charge in [-0.2, -0.15) is 5.10 Å². The summed E-state index contributed by atoms with van der Waals surface area (Å²) in [6.45, 7) is 1.82. The van der Waals surface area contributed by atoms with Crippen LogP contribution in [0.5, 0.6) is 0 Å². The zero-order chi connectivity index (χ0) is 18.0. The number of hydrogen-bond donors (Lipinski definition) is 3. The van der Waals surface area contributed by atoms with Crippen molar-refractivity contribution >= 4 is 34.9 Å². The first-order valence-corrected chi connectivity index (χ1v) is 8.18. The molecule has 130 valence electrons. The van der Waals surface area contributed by atoms with Gasteiger partial charge in [0, 0.05) is 28.3 Å². The van der Waals surface area contributed by atoms with Crippen molar-refractivity contribution in [1.29, 1.82) is 0 Å². The molecule has 1 aliphatic rings. The third kappa shape index (κ3) is 3.66. The van der Waals surface area contributed by atoms with Crippen molar-refractivity contribution < 1.29 is 9.21 Å². The number of fused-ring (bicyclic) bond motifs is 1. The number of aryl methyl sites for hydroxylation is 1. The van der Waals surface area contributed by atoms with E-state index in [1.54, 1.807) is 24.3 Å². The molecule has 1 aromatic heterocycles. The zero-order valence-electron chi connectivity index (χ0n) is 13.7. The summed E-state index contributed by atoms with van der Waals surface area (Å²) in [6, 6.07) is 6.93. The van der Waals surface area contributed by atoms with Gasteiger partial charge >= 0.3 is 0 Å². The van der Waals surface area contributed by atoms with E-state index in [1.807, 2.05) is 6.92 Å². The van der Waals surface area contributed by atoms with Crippen LogP contribution in [0.25, 0.3) is 0 Å². The summed E-state index contributed by atoms with van der Waals surface area (Å²) in [5.74, 6) is 0.531. The lowest BCUT2D eigenvalue weighted by Gasteiger charge is -2.11. The summed E-state index contributed by atoms with van der Waals surface area (Å²) in [6.07, 6.45) is 2.31. The maximum atomic E-state index is 12.6. The monoisotopic (exact) mass is 359 g/mol. The minimum Gasteiger partial charge on any atom is -0.455 e. The molecule has 0 fully saturated rings. The number of halogens is 1. The lowest BCUT2D eigenvalue weighted by Crippen LogP contribution is -2.22. The van der Waals surface area contributed by atoms with Gasteiger partial charge < -0.3 is 21.2 Å². The number of anilines is 1. The maximum absolute atomic E-state index is 12.6. The average Bonchev–Trinajstić information content (AvgIpc) is 2.91. The Kier molecular flexibility index (Phi) is 4.76. The minimum absolute atomic E-state index is 0.111. The fraction of sp³-hybridized carbons (Fsp3) is 0.235. The Bertz CT molecular complexity index is 881. The van der Waals surface area contributed by atoms with Crippen LogP contribution < -0.4 is 16.8 Å². The molecule has 1 aromatic carbocycles. The van der Waals surface area contributed by atoms with Crippen LogP contribution in [0, 0.1) is 6.92 Å². The van der Waals surface area contributed by atoms with Crippen LogP contribution in [-0.2, 0) is 6.42 Å². The lowest BCUT2D eigenvalue weighted by molar-refractivity contribution is 0.0994. The number of benzene rings is 1. The highest BCUT2D eigenvalue weighted by Crippen LogP contribution is 2.30. The molecule has 0 saturated heterocycles. The second-order valence-electron chi connectivity index (χ2n) is 5.74. The van der Waals surface area contributed by atoms with Gasteiger partial charge in [0.25, 0.3) is 5.91 Å². The first-order chi connectivity index (χ1) is 12.0. The largest absolute Gasteiger partial charge is 0.455 e. The molecule has 0 aliphatic heterocycles. The quantitative estimate of drug-likeness (QED) is 0.443. The summed E-state index contributed by atoms with van der Waals surface area (Å²) in [5.41, 5.74) is 13.5. The van der Waals surface area contributed by atoms with Crippen LogP contribution in [0.3, 0.4) is 0 Å². The van der Waals surface area contributed by atoms with Gasteiger partial charge in [-0.15, -0.1) is 5.10 Å². The van der Waals surface area contributed by atoms with Gasteiger partial charge in [0.2, 0.25) is 5.96 Å². The molecule has 1 amide bonds. The zero-order valence-corrected chi connectivity index (χ0v) is 14.4. The molecule has 2 aromatic rings. The number of carbonyl (C=O) groups is 1. The fourth-order valence-corrected chi connectivity index (χ4v) is 3.05. The molecule has 5 N–H and O–H groups in total. The Morgan fingerprint density at radius 2 is 2.12 bits per heavy atom. The smallest absolute Gasteiger partial charge is 0.291 e. The molecule has 0 radical (unpaired) electrons. The van der Waals surface area contributed by atoms with Gasteiger partial charge in [-0.05, 0) is 38.0 Å². The Labute approximate surface area is 149 Å². The van der Waals surface area contributed by atoms with Crippen molar-refractivity contribution in [3.8, 4) is 0 Å². The molecule has 1 aliphatic carbocycles. The summed E-state index contributed by atoms with van der Waals surface area (Å²) in [4.78, 5) is 12.6. The molecule has 0 atom stereocenters. The van der Waals surface area contributed by atoms with Crippen molar-refractivity contribution in [3.05, 3.63) is 51.9 Å². The van der Waals surface area contributed by atoms with Crippen molar-refractivity contribution in [2.24, 2.45) is 21.7 Å². The predicted molar refractivity (Wildman–Crippen MR) is 98.1 cm³/mol. The minimum atomic E-state index is -0.338. The van der Waals surface area contributed by atoms with E-state index in [2.05, 4.69) is 15.5 Å². The maximum Gasteiger partial charge on any atom is 0.291 e. The number of nitrogens with two attached hydrogens (primary N) is 2. The lowest BCUT2D eigenvalue weighted by atomic mass is 9.93. The average molecular weight is 360 g/mol. The highest BCUT2D eigenvalue weighted by Gasteiger charge is 2.28. The summed E-state index contributed by atoms with van der Waals surface area (Å²) >= 11 is 5.94. The third-order valence-corrected chi connectivity index (χ3v) is 4.14. The fourth-order valence-electron chi connectivity index (χ4n) is 2.86. The van der Waals surface area contributed by atoms with Crippen molar-refractivity contribution in [1.82, 2.24) is 0 Å². The molecular formula is C17H18ClN5O2. The Balaban J connectivity index is 1.93.